The van der Waals surface area contributed by atoms with E-state index in [-0.39, 0.29) is 52.8 Å². The highest BCUT2D eigenvalue weighted by Crippen LogP contribution is 2.66. The topological polar surface area (TPSA) is 107 Å². The number of ether oxygens (including phenoxy) is 1. The van der Waals surface area contributed by atoms with Crippen molar-refractivity contribution in [3.63, 3.8) is 0 Å². The van der Waals surface area contributed by atoms with Crippen molar-refractivity contribution in [2.75, 3.05) is 6.61 Å². The first-order chi connectivity index (χ1) is 15.8. The number of hydrogen-bond acceptors (Lipinski definition) is 6. The van der Waals surface area contributed by atoms with Gasteiger partial charge in [0, 0.05) is 0 Å². The largest absolute Gasteiger partial charge is 0.465 e. The minimum absolute atomic E-state index is 0.00827. The van der Waals surface area contributed by atoms with Crippen molar-refractivity contribution in [1.82, 2.24) is 0 Å². The first-order valence-corrected chi connectivity index (χ1v) is 13.7. The van der Waals surface area contributed by atoms with E-state index < -0.39 is 24.4 Å². The molecule has 3 saturated carbocycles. The summed E-state index contributed by atoms with van der Waals surface area (Å²) in [4.78, 5) is 13.0. The van der Waals surface area contributed by atoms with Crippen LogP contribution in [0.3, 0.4) is 0 Å². The standard InChI is InChI=1S/C28H48O6/c1-14(2)15(3)24(31)25(32)16(4)18-7-8-19-17-13-34-26(33)21-11-22(29)23(30)12-28(21,6)20(17)9-10-27(18,19)5/h14-25,29-32H,7-13H2,1-6H3/t15-,16+,17-,18+,19-,20-,21+,22-,23+,24+,25+,27+,28+/m0/s1. The molecule has 1 saturated heterocycles. The van der Waals surface area contributed by atoms with Crippen LogP contribution in [0.2, 0.25) is 0 Å². The Morgan fingerprint density at radius 1 is 0.912 bits per heavy atom. The number of carbonyl (C=O) groups is 1. The second kappa shape index (κ2) is 9.32. The van der Waals surface area contributed by atoms with E-state index in [9.17, 15) is 25.2 Å². The summed E-state index contributed by atoms with van der Waals surface area (Å²) in [6.07, 6.45) is 1.61. The third kappa shape index (κ3) is 4.05. The fourth-order valence-electron chi connectivity index (χ4n) is 8.95. The van der Waals surface area contributed by atoms with Crippen LogP contribution in [0.25, 0.3) is 0 Å². The fourth-order valence-corrected chi connectivity index (χ4v) is 8.95. The molecule has 0 aromatic rings. The monoisotopic (exact) mass is 480 g/mol. The molecule has 4 N–H and O–H groups in total. The minimum atomic E-state index is -0.867. The van der Waals surface area contributed by atoms with Crippen LogP contribution in [-0.4, -0.2) is 57.4 Å². The number of fused-ring (bicyclic) bond motifs is 5. The maximum absolute atomic E-state index is 13.0. The van der Waals surface area contributed by atoms with Crippen LogP contribution in [0.15, 0.2) is 0 Å². The number of hydrogen-bond donors (Lipinski definition) is 4. The van der Waals surface area contributed by atoms with E-state index in [0.717, 1.165) is 25.7 Å². The van der Waals surface area contributed by atoms with E-state index >= 15 is 0 Å². The summed E-state index contributed by atoms with van der Waals surface area (Å²) in [6, 6.07) is 0. The highest BCUT2D eigenvalue weighted by molar-refractivity contribution is 5.74. The van der Waals surface area contributed by atoms with Gasteiger partial charge in [-0.3, -0.25) is 4.79 Å². The Morgan fingerprint density at radius 2 is 1.56 bits per heavy atom. The number of aliphatic hydroxyl groups excluding tert-OH is 4. The van der Waals surface area contributed by atoms with Gasteiger partial charge in [-0.15, -0.1) is 0 Å². The van der Waals surface area contributed by atoms with Crippen molar-refractivity contribution in [1.29, 1.82) is 0 Å². The Labute approximate surface area is 205 Å². The number of aliphatic hydroxyl groups is 4. The molecule has 0 unspecified atom stereocenters. The second-order valence-electron chi connectivity index (χ2n) is 13.3. The van der Waals surface area contributed by atoms with E-state index in [1.807, 2.05) is 6.92 Å². The number of rotatable bonds is 5. The van der Waals surface area contributed by atoms with Crippen LogP contribution in [0, 0.1) is 58.2 Å². The van der Waals surface area contributed by atoms with Crippen LogP contribution < -0.4 is 0 Å². The summed E-state index contributed by atoms with van der Waals surface area (Å²) in [7, 11) is 0. The predicted octanol–water partition coefficient (Wildman–Crippen LogP) is 3.39. The van der Waals surface area contributed by atoms with Gasteiger partial charge in [-0.25, -0.2) is 0 Å². The number of esters is 1. The summed E-state index contributed by atoms with van der Waals surface area (Å²) in [6.45, 7) is 13.2. The molecule has 196 valence electrons. The van der Waals surface area contributed by atoms with Gasteiger partial charge in [-0.2, -0.15) is 0 Å². The predicted molar refractivity (Wildman–Crippen MR) is 130 cm³/mol. The van der Waals surface area contributed by atoms with E-state index in [4.69, 9.17) is 4.74 Å². The zero-order valence-corrected chi connectivity index (χ0v) is 22.0. The van der Waals surface area contributed by atoms with Gasteiger partial charge in [0.15, 0.2) is 0 Å². The molecule has 6 nitrogen and oxygen atoms in total. The van der Waals surface area contributed by atoms with Crippen LogP contribution in [-0.2, 0) is 9.53 Å². The highest BCUT2D eigenvalue weighted by atomic mass is 16.5. The first-order valence-electron chi connectivity index (χ1n) is 13.7. The fraction of sp³-hybridized carbons (Fsp3) is 0.964. The van der Waals surface area contributed by atoms with Gasteiger partial charge in [-0.05, 0) is 90.8 Å². The lowest BCUT2D eigenvalue weighted by Crippen LogP contribution is -2.55. The van der Waals surface area contributed by atoms with Gasteiger partial charge in [-0.1, -0.05) is 41.5 Å². The maximum atomic E-state index is 13.0. The Balaban J connectivity index is 1.58. The van der Waals surface area contributed by atoms with Crippen molar-refractivity contribution >= 4 is 5.97 Å². The molecule has 3 aliphatic carbocycles. The number of carbonyl (C=O) groups excluding carboxylic acids is 1. The van der Waals surface area contributed by atoms with E-state index in [2.05, 4.69) is 34.6 Å². The van der Waals surface area contributed by atoms with Crippen molar-refractivity contribution < 1.29 is 30.0 Å². The summed E-state index contributed by atoms with van der Waals surface area (Å²) in [5.74, 6) is 0.948. The lowest BCUT2D eigenvalue weighted by atomic mass is 9.48. The van der Waals surface area contributed by atoms with Crippen LogP contribution >= 0.6 is 0 Å². The molecule has 13 atom stereocenters. The normalized spacial score (nSPS) is 48.1. The summed E-state index contributed by atoms with van der Waals surface area (Å²) in [5, 5.41) is 42.9. The Kier molecular flexibility index (Phi) is 7.23. The minimum Gasteiger partial charge on any atom is -0.465 e. The van der Waals surface area contributed by atoms with Gasteiger partial charge < -0.3 is 25.2 Å². The van der Waals surface area contributed by atoms with Gasteiger partial charge in [0.05, 0.1) is 36.9 Å². The molecule has 0 radical (unpaired) electrons. The number of cyclic esters (lactones) is 1. The van der Waals surface area contributed by atoms with Crippen molar-refractivity contribution in [2.45, 2.75) is 104 Å². The lowest BCUT2D eigenvalue weighted by Gasteiger charge is -2.56. The average molecular weight is 481 g/mol. The molecule has 1 aliphatic heterocycles. The van der Waals surface area contributed by atoms with Gasteiger partial charge in [0.2, 0.25) is 0 Å². The maximum Gasteiger partial charge on any atom is 0.309 e. The average Bonchev–Trinajstić information content (AvgIpc) is 3.09. The van der Waals surface area contributed by atoms with Crippen LogP contribution in [0.1, 0.15) is 80.1 Å². The molecule has 1 heterocycles. The molecule has 34 heavy (non-hydrogen) atoms. The molecular weight excluding hydrogens is 432 g/mol. The van der Waals surface area contributed by atoms with E-state index in [1.54, 1.807) is 0 Å². The summed E-state index contributed by atoms with van der Waals surface area (Å²) >= 11 is 0. The summed E-state index contributed by atoms with van der Waals surface area (Å²) in [5.41, 5.74) is -0.345. The van der Waals surface area contributed by atoms with Crippen LogP contribution in [0.4, 0.5) is 0 Å². The molecule has 4 rings (SSSR count). The molecular formula is C28H48O6. The SMILES string of the molecule is CC(C)[C@H](C)[C@@H](O)[C@H](O)[C@H](C)[C@H]1CC[C@H]2[C@@H]3COC(=O)[C@H]4C[C@H](O)[C@H](O)C[C@]4(C)[C@H]3CC[C@]12C. The quantitative estimate of drug-likeness (QED) is 0.450. The molecule has 0 bridgehead atoms. The molecule has 0 amide bonds. The summed E-state index contributed by atoms with van der Waals surface area (Å²) < 4.78 is 5.86. The Morgan fingerprint density at radius 3 is 2.21 bits per heavy atom. The third-order valence-electron chi connectivity index (χ3n) is 11.5. The lowest BCUT2D eigenvalue weighted by molar-refractivity contribution is -0.162. The van der Waals surface area contributed by atoms with Gasteiger partial charge in [0.1, 0.15) is 0 Å². The third-order valence-corrected chi connectivity index (χ3v) is 11.5. The highest BCUT2D eigenvalue weighted by Gasteiger charge is 2.63. The molecule has 0 aromatic heterocycles. The first kappa shape index (κ1) is 26.4. The van der Waals surface area contributed by atoms with Crippen molar-refractivity contribution in [3.05, 3.63) is 0 Å². The zero-order valence-electron chi connectivity index (χ0n) is 22.0. The Hall–Kier alpha value is -0.690. The Bertz CT molecular complexity index is 755. The smallest absolute Gasteiger partial charge is 0.309 e. The van der Waals surface area contributed by atoms with Crippen LogP contribution in [0.5, 0.6) is 0 Å². The zero-order chi connectivity index (χ0) is 25.2. The van der Waals surface area contributed by atoms with E-state index in [0.29, 0.717) is 30.8 Å². The van der Waals surface area contributed by atoms with Crippen molar-refractivity contribution in [2.24, 2.45) is 58.2 Å². The van der Waals surface area contributed by atoms with Crippen molar-refractivity contribution in [3.8, 4) is 0 Å². The molecule has 0 spiro atoms. The molecule has 0 aromatic carbocycles. The van der Waals surface area contributed by atoms with Gasteiger partial charge >= 0.3 is 5.97 Å². The molecule has 6 heteroatoms. The second-order valence-corrected chi connectivity index (χ2v) is 13.3. The molecule has 4 aliphatic rings. The van der Waals surface area contributed by atoms with Gasteiger partial charge in [0.25, 0.3) is 0 Å². The van der Waals surface area contributed by atoms with E-state index in [1.165, 1.54) is 0 Å². The molecule has 4 fully saturated rings.